The Kier molecular flexibility index (Phi) is 3.40. The number of hydrogen-bond donors (Lipinski definition) is 1. The molecule has 1 N–H and O–H groups in total. The van der Waals surface area contributed by atoms with Crippen molar-refractivity contribution in [1.29, 1.82) is 0 Å². The molecule has 0 aliphatic rings. The van der Waals surface area contributed by atoms with Crippen LogP contribution in [0.25, 0.3) is 11.1 Å². The molecular formula is C13H17ClN2O. The molecule has 17 heavy (non-hydrogen) atoms. The number of benzene rings is 1. The molecule has 0 aliphatic carbocycles. The monoisotopic (exact) mass is 252 g/mol. The molecular weight excluding hydrogens is 236 g/mol. The molecule has 4 heteroatoms. The van der Waals surface area contributed by atoms with Gasteiger partial charge in [-0.2, -0.15) is 0 Å². The van der Waals surface area contributed by atoms with Gasteiger partial charge >= 0.3 is 0 Å². The molecule has 0 spiro atoms. The summed E-state index contributed by atoms with van der Waals surface area (Å²) < 4.78 is 5.63. The van der Waals surface area contributed by atoms with Gasteiger partial charge in [0.2, 0.25) is 0 Å². The third-order valence-electron chi connectivity index (χ3n) is 2.41. The van der Waals surface area contributed by atoms with Crippen molar-refractivity contribution in [2.45, 2.75) is 32.7 Å². The van der Waals surface area contributed by atoms with E-state index >= 15 is 0 Å². The van der Waals surface area contributed by atoms with Gasteiger partial charge in [0.1, 0.15) is 5.52 Å². The third-order valence-corrected chi connectivity index (χ3v) is 2.70. The molecule has 3 nitrogen and oxygen atoms in total. The molecule has 1 heterocycles. The van der Waals surface area contributed by atoms with E-state index in [1.807, 2.05) is 18.2 Å². The Morgan fingerprint density at radius 1 is 1.35 bits per heavy atom. The molecule has 0 saturated carbocycles. The second-order valence-electron chi connectivity index (χ2n) is 5.12. The molecule has 0 bridgehead atoms. The summed E-state index contributed by atoms with van der Waals surface area (Å²) in [5, 5.41) is 4.01. The predicted molar refractivity (Wildman–Crippen MR) is 70.5 cm³/mol. The first-order chi connectivity index (χ1) is 7.96. The molecule has 0 aliphatic heterocycles. The number of rotatable bonds is 3. The minimum Gasteiger partial charge on any atom is -0.439 e. The van der Waals surface area contributed by atoms with Crippen molar-refractivity contribution >= 4 is 22.7 Å². The topological polar surface area (TPSA) is 38.1 Å². The SMILES string of the molecule is CC(C)(C)NCCc1nc2cccc(Cl)c2o1. The first-order valence-electron chi connectivity index (χ1n) is 5.75. The predicted octanol–water partition coefficient (Wildman–Crippen LogP) is 3.41. The highest BCUT2D eigenvalue weighted by atomic mass is 35.5. The van der Waals surface area contributed by atoms with Gasteiger partial charge in [0.05, 0.1) is 5.02 Å². The summed E-state index contributed by atoms with van der Waals surface area (Å²) in [6.07, 6.45) is 0.766. The lowest BCUT2D eigenvalue weighted by molar-refractivity contribution is 0.414. The molecule has 2 aromatic rings. The van der Waals surface area contributed by atoms with Crippen molar-refractivity contribution in [2.24, 2.45) is 0 Å². The molecule has 0 unspecified atom stereocenters. The van der Waals surface area contributed by atoms with Gasteiger partial charge in [-0.05, 0) is 32.9 Å². The van der Waals surface area contributed by atoms with Crippen LogP contribution in [-0.2, 0) is 6.42 Å². The Morgan fingerprint density at radius 3 is 2.76 bits per heavy atom. The van der Waals surface area contributed by atoms with E-state index in [1.54, 1.807) is 0 Å². The van der Waals surface area contributed by atoms with Crippen LogP contribution in [0.2, 0.25) is 5.02 Å². The van der Waals surface area contributed by atoms with Crippen molar-refractivity contribution in [3.63, 3.8) is 0 Å². The Hall–Kier alpha value is -1.06. The summed E-state index contributed by atoms with van der Waals surface area (Å²) in [5.41, 5.74) is 1.62. The van der Waals surface area contributed by atoms with Crippen LogP contribution in [0.4, 0.5) is 0 Å². The summed E-state index contributed by atoms with van der Waals surface area (Å²) in [6.45, 7) is 7.25. The molecule has 0 fully saturated rings. The van der Waals surface area contributed by atoms with Crippen molar-refractivity contribution in [2.75, 3.05) is 6.54 Å². The number of hydrogen-bond acceptors (Lipinski definition) is 3. The molecule has 1 aromatic heterocycles. The van der Waals surface area contributed by atoms with Gasteiger partial charge in [0.15, 0.2) is 11.5 Å². The molecule has 92 valence electrons. The largest absolute Gasteiger partial charge is 0.439 e. The molecule has 0 amide bonds. The zero-order valence-corrected chi connectivity index (χ0v) is 11.1. The summed E-state index contributed by atoms with van der Waals surface area (Å²) in [4.78, 5) is 4.40. The first kappa shape index (κ1) is 12.4. The number of nitrogens with one attached hydrogen (secondary N) is 1. The summed E-state index contributed by atoms with van der Waals surface area (Å²) in [5.74, 6) is 0.727. The zero-order valence-electron chi connectivity index (χ0n) is 10.4. The van der Waals surface area contributed by atoms with Crippen LogP contribution in [0, 0.1) is 0 Å². The number of oxazole rings is 1. The maximum absolute atomic E-state index is 6.03. The number of aromatic nitrogens is 1. The zero-order chi connectivity index (χ0) is 12.5. The second kappa shape index (κ2) is 4.67. The van der Waals surface area contributed by atoms with Gasteiger partial charge in [-0.3, -0.25) is 0 Å². The van der Waals surface area contributed by atoms with Crippen LogP contribution in [0.5, 0.6) is 0 Å². The second-order valence-corrected chi connectivity index (χ2v) is 5.53. The van der Waals surface area contributed by atoms with E-state index in [2.05, 4.69) is 31.1 Å². The maximum Gasteiger partial charge on any atom is 0.196 e. The minimum atomic E-state index is 0.115. The fourth-order valence-corrected chi connectivity index (χ4v) is 1.82. The van der Waals surface area contributed by atoms with Crippen molar-refractivity contribution < 1.29 is 4.42 Å². The molecule has 1 aromatic carbocycles. The van der Waals surface area contributed by atoms with E-state index in [1.165, 1.54) is 0 Å². The van der Waals surface area contributed by atoms with Crippen LogP contribution < -0.4 is 5.32 Å². The van der Waals surface area contributed by atoms with Crippen LogP contribution in [-0.4, -0.2) is 17.1 Å². The molecule has 0 radical (unpaired) electrons. The number of fused-ring (bicyclic) bond motifs is 1. The van der Waals surface area contributed by atoms with E-state index in [0.29, 0.717) is 10.6 Å². The van der Waals surface area contributed by atoms with Crippen molar-refractivity contribution in [3.05, 3.63) is 29.1 Å². The molecule has 2 rings (SSSR count). The van der Waals surface area contributed by atoms with E-state index in [4.69, 9.17) is 16.0 Å². The highest BCUT2D eigenvalue weighted by molar-refractivity contribution is 6.34. The molecule has 0 atom stereocenters. The average Bonchev–Trinajstić information content (AvgIpc) is 2.60. The average molecular weight is 253 g/mol. The number of nitrogens with zero attached hydrogens (tertiary/aromatic N) is 1. The van der Waals surface area contributed by atoms with Crippen LogP contribution >= 0.6 is 11.6 Å². The minimum absolute atomic E-state index is 0.115. The van der Waals surface area contributed by atoms with Gasteiger partial charge < -0.3 is 9.73 Å². The van der Waals surface area contributed by atoms with Gasteiger partial charge in [-0.1, -0.05) is 17.7 Å². The quantitative estimate of drug-likeness (QED) is 0.910. The Balaban J connectivity index is 2.07. The highest BCUT2D eigenvalue weighted by Gasteiger charge is 2.11. The lowest BCUT2D eigenvalue weighted by Crippen LogP contribution is -2.37. The van der Waals surface area contributed by atoms with Gasteiger partial charge in [0, 0.05) is 18.5 Å². The normalized spacial score (nSPS) is 12.2. The van der Waals surface area contributed by atoms with E-state index in [-0.39, 0.29) is 5.54 Å². The van der Waals surface area contributed by atoms with Gasteiger partial charge in [0.25, 0.3) is 0 Å². The Morgan fingerprint density at radius 2 is 2.12 bits per heavy atom. The number of para-hydroxylation sites is 1. The third kappa shape index (κ3) is 3.20. The Labute approximate surface area is 106 Å². The summed E-state index contributed by atoms with van der Waals surface area (Å²) in [6, 6.07) is 5.60. The number of halogens is 1. The Bertz CT molecular complexity index is 514. The smallest absolute Gasteiger partial charge is 0.196 e. The van der Waals surface area contributed by atoms with Crippen LogP contribution in [0.3, 0.4) is 0 Å². The lowest BCUT2D eigenvalue weighted by Gasteiger charge is -2.19. The van der Waals surface area contributed by atoms with Crippen molar-refractivity contribution in [1.82, 2.24) is 10.3 Å². The van der Waals surface area contributed by atoms with E-state index < -0.39 is 0 Å². The van der Waals surface area contributed by atoms with E-state index in [9.17, 15) is 0 Å². The van der Waals surface area contributed by atoms with Crippen molar-refractivity contribution in [3.8, 4) is 0 Å². The van der Waals surface area contributed by atoms with Crippen LogP contribution in [0.15, 0.2) is 22.6 Å². The van der Waals surface area contributed by atoms with Gasteiger partial charge in [-0.15, -0.1) is 0 Å². The van der Waals surface area contributed by atoms with E-state index in [0.717, 1.165) is 24.4 Å². The summed E-state index contributed by atoms with van der Waals surface area (Å²) >= 11 is 6.03. The lowest BCUT2D eigenvalue weighted by atomic mass is 10.1. The molecule has 0 saturated heterocycles. The fraction of sp³-hybridized carbons (Fsp3) is 0.462. The maximum atomic E-state index is 6.03. The first-order valence-corrected chi connectivity index (χ1v) is 6.12. The standard InChI is InChI=1S/C13H17ClN2O/c1-13(2,3)15-8-7-11-16-10-6-4-5-9(14)12(10)17-11/h4-6,15H,7-8H2,1-3H3. The van der Waals surface area contributed by atoms with Gasteiger partial charge in [-0.25, -0.2) is 4.98 Å². The van der Waals surface area contributed by atoms with Crippen LogP contribution in [0.1, 0.15) is 26.7 Å². The highest BCUT2D eigenvalue weighted by Crippen LogP contribution is 2.23. The summed E-state index contributed by atoms with van der Waals surface area (Å²) in [7, 11) is 0. The fourth-order valence-electron chi connectivity index (χ4n) is 1.61.